The molecule has 0 radical (unpaired) electrons. The Morgan fingerprint density at radius 1 is 1.11 bits per heavy atom. The van der Waals surface area contributed by atoms with E-state index in [1.807, 2.05) is 24.3 Å². The number of rotatable bonds is 11. The molecule has 0 spiro atoms. The monoisotopic (exact) mass is 635 g/mol. The zero-order chi connectivity index (χ0) is 31.9. The Morgan fingerprint density at radius 2 is 1.96 bits per heavy atom. The van der Waals surface area contributed by atoms with Gasteiger partial charge in [0.15, 0.2) is 0 Å². The van der Waals surface area contributed by atoms with Crippen molar-refractivity contribution in [2.75, 3.05) is 30.3 Å². The first-order valence-corrected chi connectivity index (χ1v) is 15.1. The predicted molar refractivity (Wildman–Crippen MR) is 168 cm³/mol. The normalized spacial score (nSPS) is 16.5. The molecule has 2 unspecified atom stereocenters. The Kier molecular flexibility index (Phi) is 9.98. The minimum absolute atomic E-state index is 0.0367. The molecule has 1 fully saturated rings. The lowest BCUT2D eigenvalue weighted by atomic mass is 10.0. The van der Waals surface area contributed by atoms with Crippen LogP contribution in [0, 0.1) is 0 Å². The number of hydrogen-bond acceptors (Lipinski definition) is 8. The van der Waals surface area contributed by atoms with Crippen molar-refractivity contribution in [2.24, 2.45) is 0 Å². The Morgan fingerprint density at radius 3 is 2.78 bits per heavy atom. The van der Waals surface area contributed by atoms with Crippen LogP contribution >= 0.6 is 11.6 Å². The molecule has 6 amide bonds. The van der Waals surface area contributed by atoms with E-state index in [0.29, 0.717) is 28.4 Å². The van der Waals surface area contributed by atoms with Gasteiger partial charge in [0.25, 0.3) is 5.91 Å². The van der Waals surface area contributed by atoms with Crippen LogP contribution in [0.4, 0.5) is 21.0 Å². The van der Waals surface area contributed by atoms with Gasteiger partial charge < -0.3 is 30.9 Å². The molecule has 1 saturated heterocycles. The van der Waals surface area contributed by atoms with E-state index >= 15 is 0 Å². The molecule has 13 nitrogen and oxygen atoms in total. The number of alkyl carbamates (subject to hydrolysis) is 1. The zero-order valence-electron chi connectivity index (χ0n) is 24.7. The molecule has 0 saturated carbocycles. The summed E-state index contributed by atoms with van der Waals surface area (Å²) in [6, 6.07) is 11.3. The number of piperidine rings is 1. The third kappa shape index (κ3) is 7.79. The van der Waals surface area contributed by atoms with Gasteiger partial charge in [-0.1, -0.05) is 17.7 Å². The largest absolute Gasteiger partial charge is 0.448 e. The number of anilines is 2. The minimum atomic E-state index is -0.749. The van der Waals surface area contributed by atoms with E-state index in [1.165, 1.54) is 4.90 Å². The van der Waals surface area contributed by atoms with Crippen LogP contribution in [0.15, 0.2) is 48.7 Å². The van der Waals surface area contributed by atoms with Gasteiger partial charge in [-0.2, -0.15) is 0 Å². The molecule has 3 aromatic rings. The van der Waals surface area contributed by atoms with Gasteiger partial charge in [0.05, 0.1) is 12.1 Å². The maximum Gasteiger partial charge on any atom is 0.407 e. The topological polar surface area (TPSA) is 171 Å². The molecule has 14 heteroatoms. The Hall–Kier alpha value is -4.91. The number of nitrogens with zero attached hydrogens (tertiary/aromatic N) is 2. The summed E-state index contributed by atoms with van der Waals surface area (Å²) in [5.41, 5.74) is 3.18. The van der Waals surface area contributed by atoms with Crippen molar-refractivity contribution in [3.05, 3.63) is 64.8 Å². The number of amides is 6. The number of hydrogen-bond donors (Lipinski definition) is 5. The van der Waals surface area contributed by atoms with Gasteiger partial charge in [-0.05, 0) is 62.6 Å². The Labute approximate surface area is 264 Å². The van der Waals surface area contributed by atoms with E-state index in [2.05, 4.69) is 38.5 Å². The van der Waals surface area contributed by atoms with Crippen molar-refractivity contribution in [3.63, 3.8) is 0 Å². The Balaban J connectivity index is 0.984. The van der Waals surface area contributed by atoms with E-state index in [9.17, 15) is 24.0 Å². The van der Waals surface area contributed by atoms with Gasteiger partial charge in [0, 0.05) is 64.7 Å². The number of ether oxygens (including phenoxy) is 1. The van der Waals surface area contributed by atoms with Crippen molar-refractivity contribution in [1.82, 2.24) is 25.8 Å². The number of urea groups is 1. The number of nitrogens with one attached hydrogen (secondary N) is 5. The summed E-state index contributed by atoms with van der Waals surface area (Å²) >= 11 is 6.07. The van der Waals surface area contributed by atoms with E-state index in [-0.39, 0.29) is 50.4 Å². The number of fused-ring (bicyclic) bond motifs is 2. The van der Waals surface area contributed by atoms with Crippen LogP contribution in [0.2, 0.25) is 5.02 Å². The van der Waals surface area contributed by atoms with Crippen LogP contribution in [0.25, 0.3) is 10.9 Å². The zero-order valence-corrected chi connectivity index (χ0v) is 25.4. The van der Waals surface area contributed by atoms with Gasteiger partial charge in [-0.3, -0.25) is 24.7 Å². The smallest absolute Gasteiger partial charge is 0.407 e. The summed E-state index contributed by atoms with van der Waals surface area (Å²) in [6.07, 6.45) is 3.09. The van der Waals surface area contributed by atoms with E-state index in [4.69, 9.17) is 16.3 Å². The van der Waals surface area contributed by atoms with Crippen LogP contribution in [0.1, 0.15) is 48.5 Å². The molecule has 2 aliphatic heterocycles. The molecular weight excluding hydrogens is 602 g/mol. The molecule has 5 rings (SSSR count). The SMILES string of the molecule is CC(CCCNC(=O)OCCNC(=O)Nc1cccc2c1CN(C1CCC(=O)NC1=O)C2=O)Nc1ccnc2cc(Cl)ccc12. The van der Waals surface area contributed by atoms with Crippen LogP contribution in [0.3, 0.4) is 0 Å². The van der Waals surface area contributed by atoms with Gasteiger partial charge in [0.2, 0.25) is 11.8 Å². The quantitative estimate of drug-likeness (QED) is 0.157. The highest BCUT2D eigenvalue weighted by molar-refractivity contribution is 6.31. The van der Waals surface area contributed by atoms with Crippen LogP contribution < -0.4 is 26.6 Å². The fraction of sp³-hybridized carbons (Fsp3) is 0.355. The molecule has 5 N–H and O–H groups in total. The lowest BCUT2D eigenvalue weighted by molar-refractivity contribution is -0.136. The number of carbonyl (C=O) groups excluding carboxylic acids is 5. The number of halogens is 1. The maximum absolute atomic E-state index is 13.0. The molecule has 45 heavy (non-hydrogen) atoms. The van der Waals surface area contributed by atoms with Gasteiger partial charge in [0.1, 0.15) is 12.6 Å². The molecule has 3 heterocycles. The number of pyridine rings is 1. The van der Waals surface area contributed by atoms with Crippen LogP contribution in [-0.4, -0.2) is 71.5 Å². The second-order valence-electron chi connectivity index (χ2n) is 10.9. The molecular formula is C31H34ClN7O6. The van der Waals surface area contributed by atoms with Crippen molar-refractivity contribution in [1.29, 1.82) is 0 Å². The summed E-state index contributed by atoms with van der Waals surface area (Å²) in [6.45, 7) is 2.66. The number of aromatic nitrogens is 1. The molecule has 2 aromatic carbocycles. The second kappa shape index (κ2) is 14.2. The first kappa shape index (κ1) is 31.5. The van der Waals surface area contributed by atoms with Crippen LogP contribution in [0.5, 0.6) is 0 Å². The predicted octanol–water partition coefficient (Wildman–Crippen LogP) is 3.78. The summed E-state index contributed by atoms with van der Waals surface area (Å²) in [5, 5.41) is 15.4. The van der Waals surface area contributed by atoms with E-state index in [0.717, 1.165) is 29.4 Å². The number of carbonyl (C=O) groups is 5. The first-order chi connectivity index (χ1) is 21.7. The lowest BCUT2D eigenvalue weighted by Gasteiger charge is -2.29. The van der Waals surface area contributed by atoms with Gasteiger partial charge in [-0.25, -0.2) is 9.59 Å². The third-order valence-electron chi connectivity index (χ3n) is 7.64. The standard InChI is InChI=1S/C31H34ClN7O6/c1-18(36-24-11-13-33-25-16-19(32)7-8-21(24)25)4-3-12-35-31(44)45-15-14-34-30(43)37-23-6-2-5-20-22(23)17-39(29(20)42)26-9-10-27(40)38-28(26)41/h2,5-8,11,13,16,18,26H,3-4,9-10,12,14-15,17H2,1H3,(H,33,36)(H,35,44)(H2,34,37,43)(H,38,40,41). The summed E-state index contributed by atoms with van der Waals surface area (Å²) in [7, 11) is 0. The molecule has 2 aliphatic rings. The highest BCUT2D eigenvalue weighted by atomic mass is 35.5. The van der Waals surface area contributed by atoms with Crippen LogP contribution in [-0.2, 0) is 20.9 Å². The van der Waals surface area contributed by atoms with Crippen molar-refractivity contribution in [2.45, 2.75) is 51.2 Å². The van der Waals surface area contributed by atoms with Gasteiger partial charge in [-0.15, -0.1) is 0 Å². The highest BCUT2D eigenvalue weighted by Crippen LogP contribution is 2.32. The summed E-state index contributed by atoms with van der Waals surface area (Å²) in [5.74, 6) is -1.19. The fourth-order valence-corrected chi connectivity index (χ4v) is 5.58. The van der Waals surface area contributed by atoms with Crippen molar-refractivity contribution in [3.8, 4) is 0 Å². The average molecular weight is 636 g/mol. The van der Waals surface area contributed by atoms with E-state index < -0.39 is 24.1 Å². The summed E-state index contributed by atoms with van der Waals surface area (Å²) in [4.78, 5) is 67.1. The fourth-order valence-electron chi connectivity index (χ4n) is 5.41. The molecule has 0 aliphatic carbocycles. The third-order valence-corrected chi connectivity index (χ3v) is 7.88. The molecule has 2 atom stereocenters. The average Bonchev–Trinajstić information content (AvgIpc) is 3.34. The molecule has 1 aromatic heterocycles. The van der Waals surface area contributed by atoms with E-state index in [1.54, 1.807) is 24.4 Å². The van der Waals surface area contributed by atoms with Crippen molar-refractivity contribution < 1.29 is 28.7 Å². The van der Waals surface area contributed by atoms with Gasteiger partial charge >= 0.3 is 12.1 Å². The Bertz CT molecular complexity index is 1630. The van der Waals surface area contributed by atoms with Crippen molar-refractivity contribution >= 4 is 63.7 Å². The molecule has 0 bridgehead atoms. The molecule has 236 valence electrons. The number of benzene rings is 2. The second-order valence-corrected chi connectivity index (χ2v) is 11.3. The summed E-state index contributed by atoms with van der Waals surface area (Å²) < 4.78 is 5.15. The lowest BCUT2D eigenvalue weighted by Crippen LogP contribution is -2.52. The first-order valence-electron chi connectivity index (χ1n) is 14.7. The highest BCUT2D eigenvalue weighted by Gasteiger charge is 2.40. The number of imide groups is 1. The maximum atomic E-state index is 13.0. The minimum Gasteiger partial charge on any atom is -0.448 e.